The molecule has 0 spiro atoms. The summed E-state index contributed by atoms with van der Waals surface area (Å²) < 4.78 is 0. The quantitative estimate of drug-likeness (QED) is 0.889. The van der Waals surface area contributed by atoms with Crippen LogP contribution in [0.3, 0.4) is 0 Å². The van der Waals surface area contributed by atoms with Crippen LogP contribution in [0.15, 0.2) is 18.2 Å². The van der Waals surface area contributed by atoms with Crippen molar-refractivity contribution in [2.24, 2.45) is 5.73 Å². The molecule has 1 saturated carbocycles. The second-order valence-corrected chi connectivity index (χ2v) is 5.43. The largest absolute Gasteiger partial charge is 0.350 e. The zero-order valence-electron chi connectivity index (χ0n) is 9.30. The number of halogens is 2. The predicted molar refractivity (Wildman–Crippen MR) is 69.6 cm³/mol. The van der Waals surface area contributed by atoms with Crippen LogP contribution in [-0.4, -0.2) is 18.0 Å². The average Bonchev–Trinajstić information content (AvgIpc) is 2.22. The molecule has 92 valence electrons. The van der Waals surface area contributed by atoms with E-state index in [1.807, 2.05) is 0 Å². The van der Waals surface area contributed by atoms with Gasteiger partial charge >= 0.3 is 0 Å². The first-order valence-corrected chi connectivity index (χ1v) is 6.27. The maximum Gasteiger partial charge on any atom is 0.251 e. The van der Waals surface area contributed by atoms with Gasteiger partial charge in [0.05, 0.1) is 0 Å². The summed E-state index contributed by atoms with van der Waals surface area (Å²) in [6, 6.07) is 4.77. The Kier molecular flexibility index (Phi) is 3.61. The Bertz CT molecular complexity index is 424. The summed E-state index contributed by atoms with van der Waals surface area (Å²) in [6.45, 7) is 0.496. The van der Waals surface area contributed by atoms with Crippen LogP contribution >= 0.6 is 23.2 Å². The number of carbonyl (C=O) groups is 1. The van der Waals surface area contributed by atoms with Gasteiger partial charge in [0, 0.05) is 27.7 Å². The zero-order chi connectivity index (χ0) is 12.5. The Morgan fingerprint density at radius 2 is 1.88 bits per heavy atom. The van der Waals surface area contributed by atoms with E-state index in [9.17, 15) is 4.79 Å². The predicted octanol–water partition coefficient (Wildman–Crippen LogP) is 2.60. The molecule has 1 aromatic rings. The summed E-state index contributed by atoms with van der Waals surface area (Å²) in [5, 5.41) is 3.72. The second kappa shape index (κ2) is 4.84. The van der Waals surface area contributed by atoms with Crippen molar-refractivity contribution >= 4 is 29.1 Å². The van der Waals surface area contributed by atoms with Crippen molar-refractivity contribution in [3.05, 3.63) is 33.8 Å². The molecule has 3 N–H and O–H groups in total. The van der Waals surface area contributed by atoms with E-state index in [1.165, 1.54) is 0 Å². The van der Waals surface area contributed by atoms with Crippen molar-refractivity contribution in [2.45, 2.75) is 24.8 Å². The molecule has 1 fully saturated rings. The first kappa shape index (κ1) is 12.7. The lowest BCUT2D eigenvalue weighted by atomic mass is 9.78. The fraction of sp³-hybridized carbons (Fsp3) is 0.417. The van der Waals surface area contributed by atoms with Gasteiger partial charge in [0.15, 0.2) is 0 Å². The molecule has 3 nitrogen and oxygen atoms in total. The molecule has 2 rings (SSSR count). The van der Waals surface area contributed by atoms with Crippen molar-refractivity contribution in [2.75, 3.05) is 6.54 Å². The van der Waals surface area contributed by atoms with E-state index in [-0.39, 0.29) is 11.4 Å². The van der Waals surface area contributed by atoms with Gasteiger partial charge in [-0.25, -0.2) is 0 Å². The summed E-state index contributed by atoms with van der Waals surface area (Å²) >= 11 is 11.7. The molecule has 0 saturated heterocycles. The number of hydrogen-bond acceptors (Lipinski definition) is 2. The maximum atomic E-state index is 11.9. The van der Waals surface area contributed by atoms with Gasteiger partial charge in [0.25, 0.3) is 5.91 Å². The Hall–Kier alpha value is -0.770. The number of nitrogens with two attached hydrogens (primary N) is 1. The van der Waals surface area contributed by atoms with E-state index < -0.39 is 0 Å². The van der Waals surface area contributed by atoms with Gasteiger partial charge in [-0.05, 0) is 37.5 Å². The minimum atomic E-state index is -0.224. The summed E-state index contributed by atoms with van der Waals surface area (Å²) in [5.41, 5.74) is 6.26. The number of nitrogens with one attached hydrogen (secondary N) is 1. The Labute approximate surface area is 110 Å². The lowest BCUT2D eigenvalue weighted by Gasteiger charge is -2.38. The third-order valence-electron chi connectivity index (χ3n) is 3.08. The highest BCUT2D eigenvalue weighted by molar-refractivity contribution is 6.35. The third kappa shape index (κ3) is 3.12. The normalized spacial score (nSPS) is 17.4. The fourth-order valence-corrected chi connectivity index (χ4v) is 2.38. The van der Waals surface area contributed by atoms with Gasteiger partial charge in [-0.2, -0.15) is 0 Å². The van der Waals surface area contributed by atoms with Crippen molar-refractivity contribution < 1.29 is 4.79 Å². The molecule has 1 aromatic carbocycles. The van der Waals surface area contributed by atoms with Crippen LogP contribution in [0.2, 0.25) is 10.0 Å². The zero-order valence-corrected chi connectivity index (χ0v) is 10.8. The van der Waals surface area contributed by atoms with Crippen molar-refractivity contribution in [3.63, 3.8) is 0 Å². The van der Waals surface area contributed by atoms with Gasteiger partial charge in [0.2, 0.25) is 0 Å². The number of hydrogen-bond donors (Lipinski definition) is 2. The van der Waals surface area contributed by atoms with Gasteiger partial charge in [0.1, 0.15) is 0 Å². The van der Waals surface area contributed by atoms with Crippen LogP contribution in [0.5, 0.6) is 0 Å². The van der Waals surface area contributed by atoms with Gasteiger partial charge in [-0.1, -0.05) is 23.2 Å². The minimum absolute atomic E-state index is 0.189. The average molecular weight is 273 g/mol. The first-order chi connectivity index (χ1) is 7.98. The Morgan fingerprint density at radius 1 is 1.29 bits per heavy atom. The highest BCUT2D eigenvalue weighted by Crippen LogP contribution is 2.28. The molecule has 0 radical (unpaired) electrons. The van der Waals surface area contributed by atoms with Crippen LogP contribution in [0, 0.1) is 0 Å². The molecule has 0 aliphatic heterocycles. The second-order valence-electron chi connectivity index (χ2n) is 4.56. The maximum absolute atomic E-state index is 11.9. The van der Waals surface area contributed by atoms with Gasteiger partial charge in [-0.3, -0.25) is 4.79 Å². The topological polar surface area (TPSA) is 55.1 Å². The molecular formula is C12H14Cl2N2O. The standard InChI is InChI=1S/C12H14Cl2N2O/c13-9-4-8(5-10(14)6-9)11(17)16-7-12(15)2-1-3-12/h4-6H,1-3,7,15H2,(H,16,17). The summed E-state index contributed by atoms with van der Waals surface area (Å²) in [7, 11) is 0. The van der Waals surface area contributed by atoms with Crippen LogP contribution in [0.4, 0.5) is 0 Å². The number of rotatable bonds is 3. The summed E-state index contributed by atoms with van der Waals surface area (Å²) in [4.78, 5) is 11.9. The first-order valence-electron chi connectivity index (χ1n) is 5.52. The fourth-order valence-electron chi connectivity index (χ4n) is 1.85. The van der Waals surface area contributed by atoms with Gasteiger partial charge in [-0.15, -0.1) is 0 Å². The lowest BCUT2D eigenvalue weighted by Crippen LogP contribution is -2.54. The van der Waals surface area contributed by atoms with E-state index in [0.29, 0.717) is 22.2 Å². The summed E-state index contributed by atoms with van der Waals surface area (Å²) in [5.74, 6) is -0.189. The molecular weight excluding hydrogens is 259 g/mol. The molecule has 1 aliphatic carbocycles. The summed E-state index contributed by atoms with van der Waals surface area (Å²) in [6.07, 6.45) is 3.06. The Morgan fingerprint density at radius 3 is 2.35 bits per heavy atom. The van der Waals surface area contributed by atoms with E-state index in [1.54, 1.807) is 18.2 Å². The number of benzene rings is 1. The molecule has 0 atom stereocenters. The van der Waals surface area contributed by atoms with E-state index in [4.69, 9.17) is 28.9 Å². The van der Waals surface area contributed by atoms with E-state index in [2.05, 4.69) is 5.32 Å². The molecule has 0 unspecified atom stereocenters. The molecule has 0 bridgehead atoms. The van der Waals surface area contributed by atoms with Gasteiger partial charge < -0.3 is 11.1 Å². The van der Waals surface area contributed by atoms with Crippen LogP contribution < -0.4 is 11.1 Å². The molecule has 0 heterocycles. The van der Waals surface area contributed by atoms with E-state index >= 15 is 0 Å². The van der Waals surface area contributed by atoms with E-state index in [0.717, 1.165) is 19.3 Å². The molecule has 0 aromatic heterocycles. The lowest BCUT2D eigenvalue weighted by molar-refractivity contribution is 0.0930. The van der Waals surface area contributed by atoms with Crippen molar-refractivity contribution in [1.29, 1.82) is 0 Å². The SMILES string of the molecule is NC1(CNC(=O)c2cc(Cl)cc(Cl)c2)CCC1. The number of carbonyl (C=O) groups excluding carboxylic acids is 1. The monoisotopic (exact) mass is 272 g/mol. The number of amides is 1. The molecule has 5 heteroatoms. The van der Waals surface area contributed by atoms with Crippen molar-refractivity contribution in [3.8, 4) is 0 Å². The third-order valence-corrected chi connectivity index (χ3v) is 3.51. The van der Waals surface area contributed by atoms with Crippen molar-refractivity contribution in [1.82, 2.24) is 5.32 Å². The van der Waals surface area contributed by atoms with Crippen LogP contribution in [0.25, 0.3) is 0 Å². The molecule has 1 aliphatic rings. The molecule has 17 heavy (non-hydrogen) atoms. The van der Waals surface area contributed by atoms with Crippen LogP contribution in [0.1, 0.15) is 29.6 Å². The minimum Gasteiger partial charge on any atom is -0.350 e. The highest BCUT2D eigenvalue weighted by atomic mass is 35.5. The van der Waals surface area contributed by atoms with Crippen LogP contribution in [-0.2, 0) is 0 Å². The highest BCUT2D eigenvalue weighted by Gasteiger charge is 2.32. The smallest absolute Gasteiger partial charge is 0.251 e. The molecule has 1 amide bonds. The Balaban J connectivity index is 1.99.